The molecule has 106 valence electrons. The first-order valence-corrected chi connectivity index (χ1v) is 6.84. The minimum atomic E-state index is 0.0511. The molecule has 3 nitrogen and oxygen atoms in total. The molecule has 0 amide bonds. The molecule has 0 heterocycles. The maximum Gasteiger partial charge on any atom is 0.0701 e. The largest absolute Gasteiger partial charge is 0.392 e. The topological polar surface area (TPSA) is 35.5 Å². The number of hydrogen-bond donors (Lipinski definition) is 2. The maximum atomic E-state index is 9.35. The zero-order chi connectivity index (χ0) is 14.5. The Morgan fingerprint density at radius 3 is 2.30 bits per heavy atom. The van der Waals surface area contributed by atoms with Crippen LogP contribution < -0.4 is 10.2 Å². The van der Waals surface area contributed by atoms with E-state index >= 15 is 0 Å². The fourth-order valence-corrected chi connectivity index (χ4v) is 2.18. The van der Waals surface area contributed by atoms with Crippen LogP contribution in [0.5, 0.6) is 0 Å². The molecule has 0 saturated carbocycles. The standard InChI is InChI=1S/C17H22N2O/c1-13(14-8-10-16(11-9-14)19(2)3)18-17-7-5-4-6-15(17)12-20/h4-11,13,18,20H,12H2,1-3H3. The van der Waals surface area contributed by atoms with Crippen molar-refractivity contribution in [3.8, 4) is 0 Å². The van der Waals surface area contributed by atoms with Gasteiger partial charge < -0.3 is 15.3 Å². The van der Waals surface area contributed by atoms with Crippen LogP contribution in [0, 0.1) is 0 Å². The van der Waals surface area contributed by atoms with Crippen molar-refractivity contribution in [3.63, 3.8) is 0 Å². The number of hydrogen-bond acceptors (Lipinski definition) is 3. The molecule has 0 aliphatic carbocycles. The molecule has 2 rings (SSSR count). The van der Waals surface area contributed by atoms with Crippen LogP contribution in [0.25, 0.3) is 0 Å². The lowest BCUT2D eigenvalue weighted by Gasteiger charge is -2.19. The van der Waals surface area contributed by atoms with Crippen molar-refractivity contribution < 1.29 is 5.11 Å². The van der Waals surface area contributed by atoms with Gasteiger partial charge in [-0.05, 0) is 30.7 Å². The maximum absolute atomic E-state index is 9.35. The molecule has 0 saturated heterocycles. The van der Waals surface area contributed by atoms with Gasteiger partial charge in [-0.2, -0.15) is 0 Å². The van der Waals surface area contributed by atoms with Gasteiger partial charge in [0, 0.05) is 37.1 Å². The number of anilines is 2. The number of rotatable bonds is 5. The van der Waals surface area contributed by atoms with Crippen LogP contribution in [0.2, 0.25) is 0 Å². The van der Waals surface area contributed by atoms with Crippen LogP contribution in [0.4, 0.5) is 11.4 Å². The van der Waals surface area contributed by atoms with Gasteiger partial charge in [0.05, 0.1) is 6.61 Å². The highest BCUT2D eigenvalue weighted by atomic mass is 16.3. The Bertz CT molecular complexity index is 549. The number of aliphatic hydroxyl groups is 1. The van der Waals surface area contributed by atoms with E-state index in [4.69, 9.17) is 0 Å². The Labute approximate surface area is 120 Å². The summed E-state index contributed by atoms with van der Waals surface area (Å²) in [5.74, 6) is 0. The molecule has 2 aromatic carbocycles. The zero-order valence-electron chi connectivity index (χ0n) is 12.3. The smallest absolute Gasteiger partial charge is 0.0701 e. The Kier molecular flexibility index (Phi) is 4.64. The SMILES string of the molecule is CC(Nc1ccccc1CO)c1ccc(N(C)C)cc1. The molecule has 0 bridgehead atoms. The second kappa shape index (κ2) is 6.44. The summed E-state index contributed by atoms with van der Waals surface area (Å²) in [6.07, 6.45) is 0. The summed E-state index contributed by atoms with van der Waals surface area (Å²) in [5, 5.41) is 12.8. The summed E-state index contributed by atoms with van der Waals surface area (Å²) in [7, 11) is 4.07. The molecule has 1 atom stereocenters. The Balaban J connectivity index is 2.13. The fourth-order valence-electron chi connectivity index (χ4n) is 2.18. The summed E-state index contributed by atoms with van der Waals surface area (Å²) in [6, 6.07) is 16.5. The van der Waals surface area contributed by atoms with Gasteiger partial charge in [-0.3, -0.25) is 0 Å². The van der Waals surface area contributed by atoms with Crippen molar-refractivity contribution >= 4 is 11.4 Å². The van der Waals surface area contributed by atoms with Crippen LogP contribution in [0.3, 0.4) is 0 Å². The van der Waals surface area contributed by atoms with E-state index in [-0.39, 0.29) is 12.6 Å². The van der Waals surface area contributed by atoms with Crippen molar-refractivity contribution in [1.82, 2.24) is 0 Å². The number of para-hydroxylation sites is 1. The first-order valence-electron chi connectivity index (χ1n) is 6.84. The summed E-state index contributed by atoms with van der Waals surface area (Å²) < 4.78 is 0. The van der Waals surface area contributed by atoms with E-state index in [1.54, 1.807) is 0 Å². The van der Waals surface area contributed by atoms with Crippen LogP contribution >= 0.6 is 0 Å². The third-order valence-electron chi connectivity index (χ3n) is 3.47. The molecule has 0 aliphatic rings. The first kappa shape index (κ1) is 14.4. The van der Waals surface area contributed by atoms with E-state index in [9.17, 15) is 5.11 Å². The molecule has 3 heteroatoms. The predicted octanol–water partition coefficient (Wildman–Crippen LogP) is 3.42. The minimum absolute atomic E-state index is 0.0511. The van der Waals surface area contributed by atoms with Crippen molar-refractivity contribution in [2.45, 2.75) is 19.6 Å². The van der Waals surface area contributed by atoms with Gasteiger partial charge in [0.15, 0.2) is 0 Å². The van der Waals surface area contributed by atoms with Gasteiger partial charge in [0.25, 0.3) is 0 Å². The summed E-state index contributed by atoms with van der Waals surface area (Å²) in [4.78, 5) is 2.09. The normalized spacial score (nSPS) is 12.0. The second-order valence-electron chi connectivity index (χ2n) is 5.17. The molecule has 20 heavy (non-hydrogen) atoms. The third-order valence-corrected chi connectivity index (χ3v) is 3.47. The number of aliphatic hydroxyl groups excluding tert-OH is 1. The molecule has 0 aliphatic heterocycles. The summed E-state index contributed by atoms with van der Waals surface area (Å²) in [5.41, 5.74) is 4.32. The molecule has 2 aromatic rings. The minimum Gasteiger partial charge on any atom is -0.392 e. The lowest BCUT2D eigenvalue weighted by atomic mass is 10.1. The molecule has 1 unspecified atom stereocenters. The molecule has 0 fully saturated rings. The molecular formula is C17H22N2O. The molecule has 0 aromatic heterocycles. The summed E-state index contributed by atoms with van der Waals surface area (Å²) in [6.45, 7) is 2.17. The first-order chi connectivity index (χ1) is 9.61. The fraction of sp³-hybridized carbons (Fsp3) is 0.294. The second-order valence-corrected chi connectivity index (χ2v) is 5.17. The highest BCUT2D eigenvalue weighted by molar-refractivity contribution is 5.53. The van der Waals surface area contributed by atoms with Gasteiger partial charge in [-0.1, -0.05) is 30.3 Å². The van der Waals surface area contributed by atoms with Crippen LogP contribution in [0.15, 0.2) is 48.5 Å². The molecule has 0 spiro atoms. The van der Waals surface area contributed by atoms with Crippen LogP contribution in [-0.2, 0) is 6.61 Å². The van der Waals surface area contributed by atoms with Gasteiger partial charge in [-0.25, -0.2) is 0 Å². The van der Waals surface area contributed by atoms with E-state index < -0.39 is 0 Å². The van der Waals surface area contributed by atoms with Crippen molar-refractivity contribution in [1.29, 1.82) is 0 Å². The highest BCUT2D eigenvalue weighted by Gasteiger charge is 2.08. The number of benzene rings is 2. The van der Waals surface area contributed by atoms with E-state index in [0.717, 1.165) is 11.3 Å². The van der Waals surface area contributed by atoms with Crippen molar-refractivity contribution in [2.75, 3.05) is 24.3 Å². The van der Waals surface area contributed by atoms with E-state index in [2.05, 4.69) is 41.4 Å². The predicted molar refractivity (Wildman–Crippen MR) is 85.2 cm³/mol. The van der Waals surface area contributed by atoms with Crippen molar-refractivity contribution in [2.24, 2.45) is 0 Å². The molecule has 0 radical (unpaired) electrons. The summed E-state index contributed by atoms with van der Waals surface area (Å²) >= 11 is 0. The zero-order valence-corrected chi connectivity index (χ0v) is 12.3. The molecular weight excluding hydrogens is 248 g/mol. The van der Waals surface area contributed by atoms with Gasteiger partial charge >= 0.3 is 0 Å². The molecule has 2 N–H and O–H groups in total. The monoisotopic (exact) mass is 270 g/mol. The third kappa shape index (κ3) is 3.31. The average molecular weight is 270 g/mol. The quantitative estimate of drug-likeness (QED) is 0.874. The Hall–Kier alpha value is -2.00. The van der Waals surface area contributed by atoms with Crippen molar-refractivity contribution in [3.05, 3.63) is 59.7 Å². The van der Waals surface area contributed by atoms with Crippen LogP contribution in [0.1, 0.15) is 24.1 Å². The Morgan fingerprint density at radius 2 is 1.70 bits per heavy atom. The van der Waals surface area contributed by atoms with E-state index in [1.165, 1.54) is 11.3 Å². The van der Waals surface area contributed by atoms with Gasteiger partial charge in [0.2, 0.25) is 0 Å². The van der Waals surface area contributed by atoms with Crippen LogP contribution in [-0.4, -0.2) is 19.2 Å². The highest BCUT2D eigenvalue weighted by Crippen LogP contribution is 2.24. The average Bonchev–Trinajstić information content (AvgIpc) is 2.48. The number of nitrogens with zero attached hydrogens (tertiary/aromatic N) is 1. The lowest BCUT2D eigenvalue weighted by Crippen LogP contribution is -2.10. The van der Waals surface area contributed by atoms with Gasteiger partial charge in [0.1, 0.15) is 0 Å². The van der Waals surface area contributed by atoms with Gasteiger partial charge in [-0.15, -0.1) is 0 Å². The lowest BCUT2D eigenvalue weighted by molar-refractivity contribution is 0.282. The number of nitrogens with one attached hydrogen (secondary N) is 1. The van der Waals surface area contributed by atoms with E-state index in [1.807, 2.05) is 38.4 Å². The van der Waals surface area contributed by atoms with E-state index in [0.29, 0.717) is 0 Å². The Morgan fingerprint density at radius 1 is 1.05 bits per heavy atom.